The highest BCUT2D eigenvalue weighted by atomic mass is 19.4. The fourth-order valence-corrected chi connectivity index (χ4v) is 1.75. The SMILES string of the molecule is CC(C)(C)OC(=O)N1CCN(C(=O)OC(C=O)C(F)(F)F)CC1. The van der Waals surface area contributed by atoms with Crippen LogP contribution in [0.2, 0.25) is 0 Å². The van der Waals surface area contributed by atoms with E-state index in [2.05, 4.69) is 4.74 Å². The Morgan fingerprint density at radius 2 is 1.43 bits per heavy atom. The number of carbonyl (C=O) groups excluding carboxylic acids is 3. The predicted octanol–water partition coefficient (Wildman–Crippen LogP) is 1.81. The van der Waals surface area contributed by atoms with E-state index in [1.165, 1.54) is 4.90 Å². The lowest BCUT2D eigenvalue weighted by Crippen LogP contribution is -2.52. The summed E-state index contributed by atoms with van der Waals surface area (Å²) in [5.41, 5.74) is -0.670. The molecular weight excluding hydrogens is 321 g/mol. The standard InChI is InChI=1S/C13H19F3N2O5/c1-12(2,3)23-11(21)18-6-4-17(5-7-18)10(20)22-9(8-19)13(14,15)16/h8-9H,4-7H2,1-3H3. The van der Waals surface area contributed by atoms with Crippen LogP contribution in [-0.2, 0) is 14.3 Å². The highest BCUT2D eigenvalue weighted by molar-refractivity contribution is 5.72. The molecule has 0 saturated carbocycles. The van der Waals surface area contributed by atoms with Gasteiger partial charge in [-0.15, -0.1) is 0 Å². The molecule has 0 radical (unpaired) electrons. The fraction of sp³-hybridized carbons (Fsp3) is 0.769. The maximum absolute atomic E-state index is 12.4. The summed E-state index contributed by atoms with van der Waals surface area (Å²) < 4.78 is 46.4. The fourth-order valence-electron chi connectivity index (χ4n) is 1.75. The summed E-state index contributed by atoms with van der Waals surface area (Å²) in [5, 5.41) is 0. The summed E-state index contributed by atoms with van der Waals surface area (Å²) in [5.74, 6) is 0. The number of carbonyl (C=O) groups is 3. The largest absolute Gasteiger partial charge is 0.444 e. The van der Waals surface area contributed by atoms with E-state index in [0.717, 1.165) is 4.90 Å². The Morgan fingerprint density at radius 3 is 1.78 bits per heavy atom. The number of nitrogens with zero attached hydrogens (tertiary/aromatic N) is 2. The molecule has 1 aliphatic heterocycles. The first-order chi connectivity index (χ1) is 10.4. The van der Waals surface area contributed by atoms with Crippen molar-refractivity contribution >= 4 is 18.5 Å². The lowest BCUT2D eigenvalue weighted by Gasteiger charge is -2.35. The number of hydrogen-bond acceptors (Lipinski definition) is 5. The molecule has 7 nitrogen and oxygen atoms in total. The Hall–Kier alpha value is -2.00. The van der Waals surface area contributed by atoms with Gasteiger partial charge in [0.25, 0.3) is 6.10 Å². The summed E-state index contributed by atoms with van der Waals surface area (Å²) in [6, 6.07) is 0. The average Bonchev–Trinajstić information content (AvgIpc) is 2.41. The maximum Gasteiger partial charge on any atom is 0.432 e. The molecule has 0 aromatic carbocycles. The molecular formula is C13H19F3N2O5. The van der Waals surface area contributed by atoms with Crippen molar-refractivity contribution in [3.63, 3.8) is 0 Å². The van der Waals surface area contributed by atoms with Gasteiger partial charge in [0.15, 0.2) is 6.29 Å². The third-order valence-corrected chi connectivity index (χ3v) is 2.86. The first-order valence-corrected chi connectivity index (χ1v) is 6.89. The molecule has 1 unspecified atom stereocenters. The van der Waals surface area contributed by atoms with E-state index in [-0.39, 0.29) is 26.2 Å². The van der Waals surface area contributed by atoms with Gasteiger partial charge < -0.3 is 19.3 Å². The van der Waals surface area contributed by atoms with E-state index in [9.17, 15) is 27.6 Å². The van der Waals surface area contributed by atoms with Gasteiger partial charge in [-0.05, 0) is 20.8 Å². The molecule has 2 amide bonds. The molecule has 23 heavy (non-hydrogen) atoms. The molecule has 1 atom stereocenters. The van der Waals surface area contributed by atoms with Gasteiger partial charge in [0.1, 0.15) is 5.60 Å². The van der Waals surface area contributed by atoms with Crippen molar-refractivity contribution in [2.24, 2.45) is 0 Å². The average molecular weight is 340 g/mol. The highest BCUT2D eigenvalue weighted by Gasteiger charge is 2.44. The minimum Gasteiger partial charge on any atom is -0.444 e. The minimum absolute atomic E-state index is 0.0124. The van der Waals surface area contributed by atoms with Gasteiger partial charge in [-0.2, -0.15) is 13.2 Å². The Labute approximate surface area is 131 Å². The van der Waals surface area contributed by atoms with Crippen LogP contribution in [0, 0.1) is 0 Å². The van der Waals surface area contributed by atoms with Crippen LogP contribution in [-0.4, -0.2) is 72.3 Å². The van der Waals surface area contributed by atoms with Gasteiger partial charge in [0.2, 0.25) is 0 Å². The number of amides is 2. The molecule has 0 bridgehead atoms. The van der Waals surface area contributed by atoms with Crippen molar-refractivity contribution in [1.29, 1.82) is 0 Å². The lowest BCUT2D eigenvalue weighted by molar-refractivity contribution is -0.199. The molecule has 0 N–H and O–H groups in total. The van der Waals surface area contributed by atoms with Crippen LogP contribution in [0.15, 0.2) is 0 Å². The number of aldehydes is 1. The molecule has 1 rings (SSSR count). The quantitative estimate of drug-likeness (QED) is 0.717. The Kier molecular flexibility index (Phi) is 5.84. The molecule has 132 valence electrons. The summed E-state index contributed by atoms with van der Waals surface area (Å²) in [7, 11) is 0. The predicted molar refractivity (Wildman–Crippen MR) is 71.8 cm³/mol. The second-order valence-corrected chi connectivity index (χ2v) is 5.94. The van der Waals surface area contributed by atoms with E-state index >= 15 is 0 Å². The molecule has 0 spiro atoms. The Morgan fingerprint density at radius 1 is 1.00 bits per heavy atom. The van der Waals surface area contributed by atoms with Crippen molar-refractivity contribution in [2.45, 2.75) is 38.7 Å². The highest BCUT2D eigenvalue weighted by Crippen LogP contribution is 2.22. The lowest BCUT2D eigenvalue weighted by atomic mass is 10.2. The number of piperazine rings is 1. The van der Waals surface area contributed by atoms with Crippen LogP contribution in [0.3, 0.4) is 0 Å². The molecule has 0 aliphatic carbocycles. The van der Waals surface area contributed by atoms with Crippen LogP contribution >= 0.6 is 0 Å². The van der Waals surface area contributed by atoms with Crippen LogP contribution in [0.4, 0.5) is 22.8 Å². The van der Waals surface area contributed by atoms with Gasteiger partial charge in [-0.3, -0.25) is 4.79 Å². The van der Waals surface area contributed by atoms with Crippen LogP contribution in [0.5, 0.6) is 0 Å². The second-order valence-electron chi connectivity index (χ2n) is 5.94. The van der Waals surface area contributed by atoms with Crippen molar-refractivity contribution in [3.8, 4) is 0 Å². The number of hydrogen-bond donors (Lipinski definition) is 0. The smallest absolute Gasteiger partial charge is 0.432 e. The normalized spacial score (nSPS) is 17.5. The van der Waals surface area contributed by atoms with Gasteiger partial charge in [-0.1, -0.05) is 0 Å². The van der Waals surface area contributed by atoms with E-state index in [4.69, 9.17) is 4.74 Å². The van der Waals surface area contributed by atoms with Gasteiger partial charge >= 0.3 is 18.4 Å². The van der Waals surface area contributed by atoms with E-state index in [1.807, 2.05) is 0 Å². The van der Waals surface area contributed by atoms with Crippen molar-refractivity contribution < 1.29 is 37.0 Å². The first-order valence-electron chi connectivity index (χ1n) is 6.89. The van der Waals surface area contributed by atoms with Gasteiger partial charge in [-0.25, -0.2) is 9.59 Å². The number of halogens is 3. The summed E-state index contributed by atoms with van der Waals surface area (Å²) in [6.45, 7) is 5.28. The monoisotopic (exact) mass is 340 g/mol. The molecule has 1 aliphatic rings. The van der Waals surface area contributed by atoms with E-state index in [0.29, 0.717) is 0 Å². The van der Waals surface area contributed by atoms with Crippen LogP contribution in [0.1, 0.15) is 20.8 Å². The first kappa shape index (κ1) is 19.0. The van der Waals surface area contributed by atoms with Gasteiger partial charge in [0, 0.05) is 26.2 Å². The van der Waals surface area contributed by atoms with Crippen molar-refractivity contribution in [3.05, 3.63) is 0 Å². The topological polar surface area (TPSA) is 76.2 Å². The molecule has 0 aromatic rings. The third-order valence-electron chi connectivity index (χ3n) is 2.86. The van der Waals surface area contributed by atoms with Crippen molar-refractivity contribution in [2.75, 3.05) is 26.2 Å². The molecule has 1 fully saturated rings. The second kappa shape index (κ2) is 7.05. The maximum atomic E-state index is 12.4. The summed E-state index contributed by atoms with van der Waals surface area (Å²) in [4.78, 5) is 36.2. The van der Waals surface area contributed by atoms with Crippen LogP contribution in [0.25, 0.3) is 0 Å². The third kappa shape index (κ3) is 5.95. The minimum atomic E-state index is -4.95. The number of ether oxygens (including phenoxy) is 2. The van der Waals surface area contributed by atoms with Crippen LogP contribution < -0.4 is 0 Å². The van der Waals surface area contributed by atoms with Gasteiger partial charge in [0.05, 0.1) is 0 Å². The molecule has 1 saturated heterocycles. The molecule has 10 heteroatoms. The summed E-state index contributed by atoms with van der Waals surface area (Å²) >= 11 is 0. The van der Waals surface area contributed by atoms with E-state index < -0.39 is 36.4 Å². The molecule has 0 aromatic heterocycles. The number of rotatable bonds is 2. The molecule has 1 heterocycles. The Bertz CT molecular complexity index is 454. The van der Waals surface area contributed by atoms with Crippen molar-refractivity contribution in [1.82, 2.24) is 9.80 Å². The Balaban J connectivity index is 2.51. The number of alkyl halides is 3. The van der Waals surface area contributed by atoms with E-state index in [1.54, 1.807) is 20.8 Å². The zero-order chi connectivity index (χ0) is 17.8. The zero-order valence-corrected chi connectivity index (χ0v) is 13.1. The zero-order valence-electron chi connectivity index (χ0n) is 13.1. The summed E-state index contributed by atoms with van der Waals surface area (Å²) in [6.07, 6.45) is -10.0.